The summed E-state index contributed by atoms with van der Waals surface area (Å²) in [5.74, 6) is 0.332. The van der Waals surface area contributed by atoms with Crippen molar-refractivity contribution in [2.24, 2.45) is 0 Å². The molecule has 96 valence electrons. The van der Waals surface area contributed by atoms with Crippen LogP contribution in [0.25, 0.3) is 0 Å². The monoisotopic (exact) mass is 227 g/mol. The van der Waals surface area contributed by atoms with Gasteiger partial charge in [-0.3, -0.25) is 4.79 Å². The Hall–Kier alpha value is -0.530. The summed E-state index contributed by atoms with van der Waals surface area (Å²) in [6, 6.07) is 0. The first-order valence-electron chi connectivity index (χ1n) is 7.04. The summed E-state index contributed by atoms with van der Waals surface area (Å²) >= 11 is 0. The second-order valence-electron chi connectivity index (χ2n) is 4.44. The number of hydrogen-bond acceptors (Lipinski definition) is 1. The van der Waals surface area contributed by atoms with Gasteiger partial charge in [0.1, 0.15) is 0 Å². The number of carbonyl (C=O) groups is 1. The van der Waals surface area contributed by atoms with Gasteiger partial charge < -0.3 is 4.90 Å². The Labute approximate surface area is 101 Å². The van der Waals surface area contributed by atoms with E-state index in [0.29, 0.717) is 5.91 Å². The Bertz CT molecular complexity index is 164. The molecule has 0 aliphatic carbocycles. The second kappa shape index (κ2) is 11.0. The second-order valence-corrected chi connectivity index (χ2v) is 4.44. The maximum Gasteiger partial charge on any atom is 0.222 e. The van der Waals surface area contributed by atoms with Crippen molar-refractivity contribution in [1.29, 1.82) is 0 Å². The van der Waals surface area contributed by atoms with E-state index in [9.17, 15) is 4.79 Å². The Morgan fingerprint density at radius 3 is 1.81 bits per heavy atom. The molecule has 0 saturated carbocycles. The molecule has 0 bridgehead atoms. The number of unbranched alkanes of at least 4 members (excludes halogenated alkanes) is 6. The molecule has 2 nitrogen and oxygen atoms in total. The van der Waals surface area contributed by atoms with Crippen molar-refractivity contribution in [2.45, 2.75) is 72.1 Å². The van der Waals surface area contributed by atoms with Gasteiger partial charge in [0.25, 0.3) is 0 Å². The van der Waals surface area contributed by atoms with Gasteiger partial charge in [0.2, 0.25) is 5.91 Å². The molecule has 0 unspecified atom stereocenters. The van der Waals surface area contributed by atoms with Crippen LogP contribution in [0.3, 0.4) is 0 Å². The number of amides is 1. The van der Waals surface area contributed by atoms with E-state index < -0.39 is 0 Å². The average molecular weight is 227 g/mol. The van der Waals surface area contributed by atoms with Crippen LogP contribution < -0.4 is 0 Å². The Morgan fingerprint density at radius 2 is 1.31 bits per heavy atom. The van der Waals surface area contributed by atoms with E-state index in [-0.39, 0.29) is 0 Å². The molecule has 0 radical (unpaired) electrons. The molecular weight excluding hydrogens is 198 g/mol. The van der Waals surface area contributed by atoms with Crippen LogP contribution in [-0.4, -0.2) is 23.9 Å². The predicted molar refractivity (Wildman–Crippen MR) is 70.5 cm³/mol. The molecule has 0 fully saturated rings. The zero-order chi connectivity index (χ0) is 12.2. The van der Waals surface area contributed by atoms with Gasteiger partial charge in [-0.05, 0) is 20.3 Å². The van der Waals surface area contributed by atoms with Gasteiger partial charge in [-0.25, -0.2) is 0 Å². The standard InChI is InChI=1S/C14H29NO/c1-4-7-8-9-10-11-12-13-14(16)15(5-2)6-3/h4-13H2,1-3H3. The summed E-state index contributed by atoms with van der Waals surface area (Å²) < 4.78 is 0. The quantitative estimate of drug-likeness (QED) is 0.517. The largest absolute Gasteiger partial charge is 0.343 e. The summed E-state index contributed by atoms with van der Waals surface area (Å²) in [6.07, 6.45) is 9.70. The van der Waals surface area contributed by atoms with Crippen molar-refractivity contribution >= 4 is 5.91 Å². The van der Waals surface area contributed by atoms with Crippen molar-refractivity contribution in [1.82, 2.24) is 4.90 Å². The SMILES string of the molecule is CCCCCCCCCC(=O)N(CC)CC. The summed E-state index contributed by atoms with van der Waals surface area (Å²) in [4.78, 5) is 13.6. The normalized spacial score (nSPS) is 10.4. The maximum atomic E-state index is 11.7. The smallest absolute Gasteiger partial charge is 0.222 e. The van der Waals surface area contributed by atoms with Gasteiger partial charge in [0, 0.05) is 19.5 Å². The highest BCUT2D eigenvalue weighted by molar-refractivity contribution is 5.75. The fourth-order valence-electron chi connectivity index (χ4n) is 1.97. The fraction of sp³-hybridized carbons (Fsp3) is 0.929. The third kappa shape index (κ3) is 7.72. The molecule has 0 atom stereocenters. The maximum absolute atomic E-state index is 11.7. The summed E-state index contributed by atoms with van der Waals surface area (Å²) in [5.41, 5.74) is 0. The van der Waals surface area contributed by atoms with Crippen LogP contribution in [0.5, 0.6) is 0 Å². The van der Waals surface area contributed by atoms with E-state index in [1.165, 1.54) is 38.5 Å². The third-order valence-corrected chi connectivity index (χ3v) is 3.11. The van der Waals surface area contributed by atoms with E-state index in [0.717, 1.165) is 25.9 Å². The first-order chi connectivity index (χ1) is 7.76. The van der Waals surface area contributed by atoms with Gasteiger partial charge in [-0.1, -0.05) is 45.4 Å². The van der Waals surface area contributed by atoms with Crippen LogP contribution >= 0.6 is 0 Å². The first-order valence-corrected chi connectivity index (χ1v) is 7.04. The van der Waals surface area contributed by atoms with Gasteiger partial charge in [0.15, 0.2) is 0 Å². The van der Waals surface area contributed by atoms with E-state index in [2.05, 4.69) is 6.92 Å². The first kappa shape index (κ1) is 15.5. The van der Waals surface area contributed by atoms with Gasteiger partial charge in [0.05, 0.1) is 0 Å². The molecule has 0 aromatic heterocycles. The molecule has 0 aliphatic rings. The number of rotatable bonds is 10. The van der Waals surface area contributed by atoms with Crippen LogP contribution in [0, 0.1) is 0 Å². The van der Waals surface area contributed by atoms with E-state index in [4.69, 9.17) is 0 Å². The molecule has 1 amide bonds. The van der Waals surface area contributed by atoms with Crippen molar-refractivity contribution in [3.05, 3.63) is 0 Å². The molecule has 0 heterocycles. The molecule has 0 saturated heterocycles. The molecular formula is C14H29NO. The average Bonchev–Trinajstić information content (AvgIpc) is 2.29. The van der Waals surface area contributed by atoms with Gasteiger partial charge >= 0.3 is 0 Å². The lowest BCUT2D eigenvalue weighted by atomic mass is 10.1. The molecule has 16 heavy (non-hydrogen) atoms. The molecule has 0 aromatic rings. The van der Waals surface area contributed by atoms with Crippen LogP contribution in [0.4, 0.5) is 0 Å². The Balaban J connectivity index is 3.33. The number of hydrogen-bond donors (Lipinski definition) is 0. The molecule has 0 spiro atoms. The highest BCUT2D eigenvalue weighted by Crippen LogP contribution is 2.09. The molecule has 2 heteroatoms. The number of carbonyl (C=O) groups excluding carboxylic acids is 1. The topological polar surface area (TPSA) is 20.3 Å². The minimum absolute atomic E-state index is 0.332. The lowest BCUT2D eigenvalue weighted by Gasteiger charge is -2.18. The van der Waals surface area contributed by atoms with Crippen molar-refractivity contribution < 1.29 is 4.79 Å². The molecule has 0 rings (SSSR count). The summed E-state index contributed by atoms with van der Waals surface area (Å²) in [5, 5.41) is 0. The van der Waals surface area contributed by atoms with Gasteiger partial charge in [-0.2, -0.15) is 0 Å². The summed E-state index contributed by atoms with van der Waals surface area (Å²) in [7, 11) is 0. The minimum Gasteiger partial charge on any atom is -0.343 e. The van der Waals surface area contributed by atoms with Crippen LogP contribution in [0.1, 0.15) is 72.1 Å². The lowest BCUT2D eigenvalue weighted by molar-refractivity contribution is -0.130. The molecule has 0 aromatic carbocycles. The highest BCUT2D eigenvalue weighted by Gasteiger charge is 2.07. The van der Waals surface area contributed by atoms with Crippen molar-refractivity contribution in [2.75, 3.05) is 13.1 Å². The lowest BCUT2D eigenvalue weighted by Crippen LogP contribution is -2.30. The van der Waals surface area contributed by atoms with Crippen LogP contribution in [-0.2, 0) is 4.79 Å². The third-order valence-electron chi connectivity index (χ3n) is 3.11. The molecule has 0 N–H and O–H groups in total. The zero-order valence-electron chi connectivity index (χ0n) is 11.4. The van der Waals surface area contributed by atoms with Crippen molar-refractivity contribution in [3.63, 3.8) is 0 Å². The molecule has 0 aliphatic heterocycles. The Morgan fingerprint density at radius 1 is 0.812 bits per heavy atom. The van der Waals surface area contributed by atoms with Crippen molar-refractivity contribution in [3.8, 4) is 0 Å². The van der Waals surface area contributed by atoms with E-state index >= 15 is 0 Å². The van der Waals surface area contributed by atoms with E-state index in [1.807, 2.05) is 18.7 Å². The Kier molecular flexibility index (Phi) is 10.6. The van der Waals surface area contributed by atoms with Crippen LogP contribution in [0.15, 0.2) is 0 Å². The zero-order valence-corrected chi connectivity index (χ0v) is 11.4. The predicted octanol–water partition coefficient (Wildman–Crippen LogP) is 4.00. The van der Waals surface area contributed by atoms with E-state index in [1.54, 1.807) is 0 Å². The summed E-state index contributed by atoms with van der Waals surface area (Å²) in [6.45, 7) is 8.04. The fourth-order valence-corrected chi connectivity index (χ4v) is 1.97. The van der Waals surface area contributed by atoms with Crippen LogP contribution in [0.2, 0.25) is 0 Å². The highest BCUT2D eigenvalue weighted by atomic mass is 16.2. The number of nitrogens with zero attached hydrogens (tertiary/aromatic N) is 1. The van der Waals surface area contributed by atoms with Gasteiger partial charge in [-0.15, -0.1) is 0 Å². The minimum atomic E-state index is 0.332.